The number of aromatic nitrogens is 2. The van der Waals surface area contributed by atoms with E-state index in [2.05, 4.69) is 10.4 Å². The van der Waals surface area contributed by atoms with Crippen molar-refractivity contribution in [1.29, 1.82) is 0 Å². The van der Waals surface area contributed by atoms with Crippen molar-refractivity contribution in [3.63, 3.8) is 0 Å². The molecule has 0 atom stereocenters. The van der Waals surface area contributed by atoms with E-state index < -0.39 is 4.92 Å². The summed E-state index contributed by atoms with van der Waals surface area (Å²) in [5.41, 5.74) is 2.00. The normalized spacial score (nSPS) is 12.0. The predicted molar refractivity (Wildman–Crippen MR) is 112 cm³/mol. The van der Waals surface area contributed by atoms with E-state index in [0.717, 1.165) is 11.4 Å². The van der Waals surface area contributed by atoms with Crippen molar-refractivity contribution in [2.45, 2.75) is 0 Å². The number of nitrogens with zero attached hydrogens (tertiary/aromatic N) is 3. The van der Waals surface area contributed by atoms with E-state index in [9.17, 15) is 10.1 Å². The molecule has 0 radical (unpaired) electrons. The Kier molecular flexibility index (Phi) is 4.49. The summed E-state index contributed by atoms with van der Waals surface area (Å²) in [6.45, 7) is 0.0398. The first-order chi connectivity index (χ1) is 14.7. The van der Waals surface area contributed by atoms with Crippen LogP contribution in [0.5, 0.6) is 11.5 Å². The standard InChI is InChI=1S/C21H15N4O4S/c26-25(27)17-12-19-18(28-13-29-19)11-16(17)20-24(15-9-5-2-6-10-15)23-21(30-20)22-14-7-3-1-4-8-14/h1-12H,13H2,(H,22,23)/q+1. The van der Waals surface area contributed by atoms with Gasteiger partial charge in [-0.2, -0.15) is 0 Å². The Hall–Kier alpha value is -3.98. The first-order valence-corrected chi connectivity index (χ1v) is 9.90. The zero-order valence-electron chi connectivity index (χ0n) is 15.5. The molecule has 0 saturated carbocycles. The lowest BCUT2D eigenvalue weighted by Gasteiger charge is -2.01. The van der Waals surface area contributed by atoms with Crippen LogP contribution in [0.3, 0.4) is 0 Å². The molecule has 0 bridgehead atoms. The molecule has 4 aromatic rings. The number of anilines is 2. The van der Waals surface area contributed by atoms with Gasteiger partial charge in [-0.15, -0.1) is 0 Å². The van der Waals surface area contributed by atoms with Crippen LogP contribution in [0, 0.1) is 10.1 Å². The number of hydrogen-bond acceptors (Lipinski definition) is 7. The quantitative estimate of drug-likeness (QED) is 0.292. The van der Waals surface area contributed by atoms with Gasteiger partial charge in [-0.25, -0.2) is 0 Å². The Morgan fingerprint density at radius 1 is 1.00 bits per heavy atom. The van der Waals surface area contributed by atoms with E-state index in [-0.39, 0.29) is 12.5 Å². The number of nitrogens with one attached hydrogen (secondary N) is 1. The Balaban J connectivity index is 1.68. The van der Waals surface area contributed by atoms with Crippen LogP contribution in [0.1, 0.15) is 0 Å². The number of rotatable bonds is 5. The molecule has 1 aliphatic rings. The van der Waals surface area contributed by atoms with Gasteiger partial charge in [0, 0.05) is 29.0 Å². The summed E-state index contributed by atoms with van der Waals surface area (Å²) >= 11 is 1.32. The number of ether oxygens (including phenoxy) is 2. The molecule has 2 heterocycles. The number of nitro benzene ring substituents is 1. The minimum Gasteiger partial charge on any atom is -0.454 e. The minimum atomic E-state index is -0.420. The van der Waals surface area contributed by atoms with Crippen molar-refractivity contribution in [2.24, 2.45) is 0 Å². The topological polar surface area (TPSA) is 90.4 Å². The fourth-order valence-corrected chi connectivity index (χ4v) is 4.13. The van der Waals surface area contributed by atoms with Gasteiger partial charge in [0.15, 0.2) is 11.5 Å². The first kappa shape index (κ1) is 18.1. The number of benzene rings is 3. The molecular formula is C21H15N4O4S+. The van der Waals surface area contributed by atoms with Crippen molar-refractivity contribution in [1.82, 2.24) is 5.10 Å². The van der Waals surface area contributed by atoms with E-state index in [4.69, 9.17) is 9.47 Å². The van der Waals surface area contributed by atoms with Crippen LogP contribution < -0.4 is 19.5 Å². The second-order valence-electron chi connectivity index (χ2n) is 6.43. The first-order valence-electron chi connectivity index (χ1n) is 9.08. The fraction of sp³-hybridized carbons (Fsp3) is 0.0476. The summed E-state index contributed by atoms with van der Waals surface area (Å²) in [5, 5.41) is 21.0. The molecule has 1 aliphatic heterocycles. The number of hydrogen-bond donors (Lipinski definition) is 1. The fourth-order valence-electron chi connectivity index (χ4n) is 3.15. The zero-order valence-corrected chi connectivity index (χ0v) is 16.3. The molecule has 0 aliphatic carbocycles. The van der Waals surface area contributed by atoms with Gasteiger partial charge in [-0.05, 0) is 28.2 Å². The maximum absolute atomic E-state index is 11.8. The maximum atomic E-state index is 11.8. The Bertz CT molecular complexity index is 1230. The van der Waals surface area contributed by atoms with Crippen LogP contribution in [0.25, 0.3) is 16.3 Å². The summed E-state index contributed by atoms with van der Waals surface area (Å²) < 4.78 is 12.5. The summed E-state index contributed by atoms with van der Waals surface area (Å²) in [6.07, 6.45) is 0. The minimum absolute atomic E-state index is 0.0398. The molecule has 9 heteroatoms. The van der Waals surface area contributed by atoms with Gasteiger partial charge in [0.2, 0.25) is 12.5 Å². The Morgan fingerprint density at radius 2 is 1.67 bits per heavy atom. The Labute approximate surface area is 175 Å². The predicted octanol–water partition coefficient (Wildman–Crippen LogP) is 4.47. The largest absolute Gasteiger partial charge is 0.454 e. The molecule has 30 heavy (non-hydrogen) atoms. The van der Waals surface area contributed by atoms with Crippen molar-refractivity contribution < 1.29 is 19.1 Å². The van der Waals surface area contributed by atoms with Gasteiger partial charge < -0.3 is 14.8 Å². The van der Waals surface area contributed by atoms with Crippen LogP contribution >= 0.6 is 11.3 Å². The zero-order chi connectivity index (χ0) is 20.5. The second kappa shape index (κ2) is 7.45. The van der Waals surface area contributed by atoms with Crippen molar-refractivity contribution in [3.8, 4) is 27.8 Å². The molecule has 8 nitrogen and oxygen atoms in total. The third-order valence-electron chi connectivity index (χ3n) is 4.52. The highest BCUT2D eigenvalue weighted by Gasteiger charge is 2.33. The third kappa shape index (κ3) is 3.31. The van der Waals surface area contributed by atoms with E-state index in [1.165, 1.54) is 17.4 Å². The van der Waals surface area contributed by atoms with Crippen LogP contribution in [-0.2, 0) is 0 Å². The lowest BCUT2D eigenvalue weighted by Crippen LogP contribution is -2.34. The summed E-state index contributed by atoms with van der Waals surface area (Å²) in [4.78, 5) is 11.4. The molecule has 1 aromatic heterocycles. The van der Waals surface area contributed by atoms with E-state index in [1.54, 1.807) is 10.7 Å². The van der Waals surface area contributed by atoms with Crippen molar-refractivity contribution >= 4 is 27.8 Å². The van der Waals surface area contributed by atoms with Gasteiger partial charge in [0.25, 0.3) is 10.8 Å². The van der Waals surface area contributed by atoms with E-state index >= 15 is 0 Å². The molecule has 0 amide bonds. The molecule has 1 N–H and O–H groups in total. The monoisotopic (exact) mass is 419 g/mol. The Morgan fingerprint density at radius 3 is 2.37 bits per heavy atom. The SMILES string of the molecule is O=[N+]([O-])c1cc2c(cc1-c1sc(Nc3ccccc3)n[n+]1-c1ccccc1)OCO2. The highest BCUT2D eigenvalue weighted by atomic mass is 32.1. The average Bonchev–Trinajstić information content (AvgIpc) is 3.40. The highest BCUT2D eigenvalue weighted by molar-refractivity contribution is 7.18. The van der Waals surface area contributed by atoms with Crippen LogP contribution in [0.2, 0.25) is 0 Å². The molecule has 0 saturated heterocycles. The molecule has 5 rings (SSSR count). The maximum Gasteiger partial charge on any atom is 0.312 e. The molecular weight excluding hydrogens is 404 g/mol. The number of fused-ring (bicyclic) bond motifs is 1. The molecule has 0 spiro atoms. The average molecular weight is 419 g/mol. The lowest BCUT2D eigenvalue weighted by atomic mass is 10.1. The van der Waals surface area contributed by atoms with Crippen LogP contribution in [-0.4, -0.2) is 16.8 Å². The lowest BCUT2D eigenvalue weighted by molar-refractivity contribution is -0.642. The van der Waals surface area contributed by atoms with Gasteiger partial charge >= 0.3 is 5.01 Å². The van der Waals surface area contributed by atoms with Gasteiger partial charge in [0.1, 0.15) is 5.56 Å². The summed E-state index contributed by atoms with van der Waals surface area (Å²) in [7, 11) is 0. The molecule has 3 aromatic carbocycles. The highest BCUT2D eigenvalue weighted by Crippen LogP contribution is 2.43. The molecule has 148 valence electrons. The van der Waals surface area contributed by atoms with Gasteiger partial charge in [0.05, 0.1) is 11.0 Å². The summed E-state index contributed by atoms with van der Waals surface area (Å²) in [6, 6.07) is 22.2. The summed E-state index contributed by atoms with van der Waals surface area (Å²) in [5.74, 6) is 0.838. The van der Waals surface area contributed by atoms with Crippen LogP contribution in [0.4, 0.5) is 16.5 Å². The van der Waals surface area contributed by atoms with Crippen LogP contribution in [0.15, 0.2) is 72.8 Å². The molecule has 0 unspecified atom stereocenters. The smallest absolute Gasteiger partial charge is 0.312 e. The number of para-hydroxylation sites is 2. The van der Waals surface area contributed by atoms with Crippen molar-refractivity contribution in [2.75, 3.05) is 12.1 Å². The van der Waals surface area contributed by atoms with Crippen molar-refractivity contribution in [3.05, 3.63) is 82.9 Å². The van der Waals surface area contributed by atoms with Gasteiger partial charge in [-0.3, -0.25) is 10.1 Å². The van der Waals surface area contributed by atoms with E-state index in [1.807, 2.05) is 60.7 Å². The number of nitro groups is 1. The van der Waals surface area contributed by atoms with E-state index in [0.29, 0.717) is 27.2 Å². The second-order valence-corrected chi connectivity index (χ2v) is 7.41. The third-order valence-corrected chi connectivity index (χ3v) is 5.48. The molecule has 0 fully saturated rings. The van der Waals surface area contributed by atoms with Gasteiger partial charge in [-0.1, -0.05) is 36.4 Å².